The van der Waals surface area contributed by atoms with Crippen LogP contribution < -0.4 is 5.73 Å². The van der Waals surface area contributed by atoms with Crippen molar-refractivity contribution in [2.45, 2.75) is 26.1 Å². The van der Waals surface area contributed by atoms with E-state index in [4.69, 9.17) is 5.73 Å². The van der Waals surface area contributed by atoms with E-state index in [1.165, 1.54) is 12.1 Å². The number of benzene rings is 2. The number of hydrogen-bond donors (Lipinski definition) is 1. The van der Waals surface area contributed by atoms with Gasteiger partial charge in [-0.3, -0.25) is 9.48 Å². The van der Waals surface area contributed by atoms with Gasteiger partial charge in [0.15, 0.2) is 0 Å². The summed E-state index contributed by atoms with van der Waals surface area (Å²) in [6.45, 7) is 4.29. The molecule has 5 rings (SSSR count). The molecular formula is C24H26FN5O. The van der Waals surface area contributed by atoms with E-state index < -0.39 is 0 Å². The molecule has 2 aromatic carbocycles. The summed E-state index contributed by atoms with van der Waals surface area (Å²) in [7, 11) is 2.13. The number of aromatic nitrogens is 2. The molecule has 0 saturated carbocycles. The number of nitrogen functional groups attached to an aromatic ring is 1. The number of anilines is 1. The van der Waals surface area contributed by atoms with E-state index in [9.17, 15) is 9.18 Å². The van der Waals surface area contributed by atoms with Crippen molar-refractivity contribution in [1.29, 1.82) is 0 Å². The van der Waals surface area contributed by atoms with Crippen LogP contribution in [0.25, 0.3) is 11.1 Å². The minimum absolute atomic E-state index is 0.0501. The van der Waals surface area contributed by atoms with Gasteiger partial charge in [0, 0.05) is 43.3 Å². The average Bonchev–Trinajstić information content (AvgIpc) is 3.31. The minimum atomic E-state index is -0.272. The predicted octanol–water partition coefficient (Wildman–Crippen LogP) is 2.92. The number of halogens is 1. The Balaban J connectivity index is 1.27. The molecule has 0 atom stereocenters. The van der Waals surface area contributed by atoms with E-state index in [0.29, 0.717) is 24.7 Å². The second kappa shape index (κ2) is 7.81. The maximum atomic E-state index is 13.2. The Bertz CT molecular complexity index is 1120. The van der Waals surface area contributed by atoms with Crippen LogP contribution in [-0.2, 0) is 30.8 Å². The Morgan fingerprint density at radius 2 is 1.87 bits per heavy atom. The lowest BCUT2D eigenvalue weighted by atomic mass is 10.00. The summed E-state index contributed by atoms with van der Waals surface area (Å²) in [4.78, 5) is 17.2. The zero-order chi connectivity index (χ0) is 21.5. The second-order valence-electron chi connectivity index (χ2n) is 8.73. The normalized spacial score (nSPS) is 16.4. The van der Waals surface area contributed by atoms with Gasteiger partial charge in [0.05, 0.1) is 24.9 Å². The first kappa shape index (κ1) is 19.8. The fourth-order valence-electron chi connectivity index (χ4n) is 4.58. The summed E-state index contributed by atoms with van der Waals surface area (Å²) >= 11 is 0. The Labute approximate surface area is 181 Å². The van der Waals surface area contributed by atoms with Crippen molar-refractivity contribution in [3.63, 3.8) is 0 Å². The fourth-order valence-corrected chi connectivity index (χ4v) is 4.58. The van der Waals surface area contributed by atoms with E-state index in [-0.39, 0.29) is 18.1 Å². The molecule has 1 amide bonds. The van der Waals surface area contributed by atoms with Gasteiger partial charge in [-0.2, -0.15) is 5.10 Å². The molecule has 3 heterocycles. The quantitative estimate of drug-likeness (QED) is 0.646. The van der Waals surface area contributed by atoms with E-state index in [1.54, 1.807) is 12.1 Å². The number of nitrogens with zero attached hydrogens (tertiary/aromatic N) is 4. The Morgan fingerprint density at radius 1 is 1.13 bits per heavy atom. The van der Waals surface area contributed by atoms with Gasteiger partial charge in [-0.05, 0) is 48.0 Å². The number of fused-ring (bicyclic) bond motifs is 1. The number of carbonyl (C=O) groups excluding carboxylic acids is 1. The van der Waals surface area contributed by atoms with Crippen molar-refractivity contribution >= 4 is 11.6 Å². The first-order chi connectivity index (χ1) is 15.0. The first-order valence-corrected chi connectivity index (χ1v) is 10.6. The number of amides is 1. The van der Waals surface area contributed by atoms with Crippen LogP contribution in [0, 0.1) is 11.7 Å². The molecule has 6 nitrogen and oxygen atoms in total. The summed E-state index contributed by atoms with van der Waals surface area (Å²) in [5.41, 5.74) is 11.6. The van der Waals surface area contributed by atoms with Crippen LogP contribution in [0.5, 0.6) is 0 Å². The molecule has 0 unspecified atom stereocenters. The van der Waals surface area contributed by atoms with Gasteiger partial charge < -0.3 is 15.5 Å². The molecule has 0 spiro atoms. The molecule has 3 aromatic rings. The van der Waals surface area contributed by atoms with E-state index in [1.807, 2.05) is 29.3 Å². The maximum absolute atomic E-state index is 13.2. The average molecular weight is 420 g/mol. The summed E-state index contributed by atoms with van der Waals surface area (Å²) in [6.07, 6.45) is 2.14. The molecule has 2 N–H and O–H groups in total. The molecule has 2 aliphatic heterocycles. The van der Waals surface area contributed by atoms with Crippen LogP contribution in [0.2, 0.25) is 0 Å². The molecule has 7 heteroatoms. The monoisotopic (exact) mass is 419 g/mol. The minimum Gasteiger partial charge on any atom is -0.398 e. The maximum Gasteiger partial charge on any atom is 0.227 e. The van der Waals surface area contributed by atoms with Crippen LogP contribution in [0.1, 0.15) is 16.8 Å². The summed E-state index contributed by atoms with van der Waals surface area (Å²) < 4.78 is 15.3. The van der Waals surface area contributed by atoms with Gasteiger partial charge in [0.1, 0.15) is 5.82 Å². The highest BCUT2D eigenvalue weighted by molar-refractivity contribution is 5.82. The summed E-state index contributed by atoms with van der Waals surface area (Å²) in [5.74, 6) is 0.410. The molecule has 1 saturated heterocycles. The third-order valence-corrected chi connectivity index (χ3v) is 6.32. The number of likely N-dealkylation sites (tertiary alicyclic amines) is 1. The standard InChI is InChI=1S/C24H26FN5O/c1-28-11-16(12-28)13-30-23-15-29(14-20(23)10-27-30)24(31)9-19-8-18(4-7-22(19)26)17-2-5-21(25)6-3-17/h2-8,10,16H,9,11-15,26H2,1H3. The Kier molecular flexibility index (Phi) is 4.98. The molecule has 2 aliphatic rings. The highest BCUT2D eigenvalue weighted by Gasteiger charge is 2.30. The molecule has 0 radical (unpaired) electrons. The van der Waals surface area contributed by atoms with Crippen molar-refractivity contribution in [3.8, 4) is 11.1 Å². The molecule has 0 aliphatic carbocycles. The van der Waals surface area contributed by atoms with Crippen molar-refractivity contribution in [2.24, 2.45) is 5.92 Å². The van der Waals surface area contributed by atoms with Gasteiger partial charge in [-0.25, -0.2) is 4.39 Å². The summed E-state index contributed by atoms with van der Waals surface area (Å²) in [5, 5.41) is 4.54. The molecular weight excluding hydrogens is 393 g/mol. The predicted molar refractivity (Wildman–Crippen MR) is 117 cm³/mol. The fraction of sp³-hybridized carbons (Fsp3) is 0.333. The topological polar surface area (TPSA) is 67.4 Å². The first-order valence-electron chi connectivity index (χ1n) is 10.6. The van der Waals surface area contributed by atoms with Crippen LogP contribution in [0.3, 0.4) is 0 Å². The molecule has 1 aromatic heterocycles. The number of hydrogen-bond acceptors (Lipinski definition) is 4. The van der Waals surface area contributed by atoms with Gasteiger partial charge in [0.2, 0.25) is 5.91 Å². The van der Waals surface area contributed by atoms with E-state index >= 15 is 0 Å². The third kappa shape index (κ3) is 3.93. The van der Waals surface area contributed by atoms with Crippen LogP contribution in [0.4, 0.5) is 10.1 Å². The number of rotatable bonds is 5. The summed E-state index contributed by atoms with van der Waals surface area (Å²) in [6, 6.07) is 12.0. The van der Waals surface area contributed by atoms with Crippen molar-refractivity contribution in [2.75, 3.05) is 25.9 Å². The van der Waals surface area contributed by atoms with Gasteiger partial charge in [-0.1, -0.05) is 18.2 Å². The lowest BCUT2D eigenvalue weighted by Gasteiger charge is -2.36. The van der Waals surface area contributed by atoms with E-state index in [0.717, 1.165) is 47.6 Å². The number of nitrogens with two attached hydrogens (primary N) is 1. The second-order valence-corrected chi connectivity index (χ2v) is 8.73. The van der Waals surface area contributed by atoms with Gasteiger partial charge >= 0.3 is 0 Å². The van der Waals surface area contributed by atoms with Gasteiger partial charge in [0.25, 0.3) is 0 Å². The Morgan fingerprint density at radius 3 is 2.61 bits per heavy atom. The Hall–Kier alpha value is -3.19. The van der Waals surface area contributed by atoms with E-state index in [2.05, 4.69) is 21.7 Å². The lowest BCUT2D eigenvalue weighted by molar-refractivity contribution is -0.131. The van der Waals surface area contributed by atoms with Crippen molar-refractivity contribution in [1.82, 2.24) is 19.6 Å². The molecule has 1 fully saturated rings. The SMILES string of the molecule is CN1CC(Cn2ncc3c2CN(C(=O)Cc2cc(-c4ccc(F)cc4)ccc2N)C3)C1. The van der Waals surface area contributed by atoms with Crippen LogP contribution in [0.15, 0.2) is 48.7 Å². The number of carbonyl (C=O) groups is 1. The van der Waals surface area contributed by atoms with Crippen molar-refractivity contribution in [3.05, 3.63) is 71.3 Å². The van der Waals surface area contributed by atoms with Crippen LogP contribution in [-0.4, -0.2) is 45.6 Å². The molecule has 160 valence electrons. The lowest BCUT2D eigenvalue weighted by Crippen LogP contribution is -2.45. The van der Waals surface area contributed by atoms with Crippen LogP contribution >= 0.6 is 0 Å². The zero-order valence-corrected chi connectivity index (χ0v) is 17.6. The molecule has 0 bridgehead atoms. The third-order valence-electron chi connectivity index (χ3n) is 6.32. The van der Waals surface area contributed by atoms with Crippen molar-refractivity contribution < 1.29 is 9.18 Å². The zero-order valence-electron chi connectivity index (χ0n) is 17.6. The largest absolute Gasteiger partial charge is 0.398 e. The highest BCUT2D eigenvalue weighted by atomic mass is 19.1. The van der Waals surface area contributed by atoms with Gasteiger partial charge in [-0.15, -0.1) is 0 Å². The molecule has 31 heavy (non-hydrogen) atoms. The highest BCUT2D eigenvalue weighted by Crippen LogP contribution is 2.28. The smallest absolute Gasteiger partial charge is 0.227 e.